The van der Waals surface area contributed by atoms with E-state index in [0.29, 0.717) is 5.11 Å². The second-order valence-electron chi connectivity index (χ2n) is 9.07. The van der Waals surface area contributed by atoms with Gasteiger partial charge in [0.25, 0.3) is 0 Å². The highest BCUT2D eigenvalue weighted by atomic mass is 79.9. The van der Waals surface area contributed by atoms with Gasteiger partial charge in [0, 0.05) is 33.4 Å². The molecular formula is C29H29BrN4S. The van der Waals surface area contributed by atoms with E-state index in [1.165, 1.54) is 33.8 Å². The summed E-state index contributed by atoms with van der Waals surface area (Å²) in [6.45, 7) is 8.73. The molecule has 1 fully saturated rings. The molecule has 2 atom stereocenters. The van der Waals surface area contributed by atoms with Gasteiger partial charge in [-0.2, -0.15) is 0 Å². The highest BCUT2D eigenvalue weighted by Crippen LogP contribution is 2.44. The Balaban J connectivity index is 1.70. The lowest BCUT2D eigenvalue weighted by Gasteiger charge is -2.28. The summed E-state index contributed by atoms with van der Waals surface area (Å²) in [6, 6.07) is 23.4. The Kier molecular flexibility index (Phi) is 6.51. The number of hydrogen-bond donors (Lipinski definition) is 1. The summed E-state index contributed by atoms with van der Waals surface area (Å²) in [5.41, 5.74) is 9.49. The van der Waals surface area contributed by atoms with E-state index in [1.807, 2.05) is 18.3 Å². The maximum Gasteiger partial charge on any atom is 0.174 e. The van der Waals surface area contributed by atoms with Crippen LogP contribution in [0.4, 0.5) is 5.69 Å². The van der Waals surface area contributed by atoms with Crippen LogP contribution >= 0.6 is 28.1 Å². The third-order valence-electron chi connectivity index (χ3n) is 6.92. The van der Waals surface area contributed by atoms with E-state index in [-0.39, 0.29) is 12.1 Å². The molecule has 1 saturated heterocycles. The van der Waals surface area contributed by atoms with Crippen LogP contribution in [0.25, 0.3) is 5.69 Å². The van der Waals surface area contributed by atoms with Crippen molar-refractivity contribution in [1.82, 2.24) is 14.9 Å². The topological polar surface area (TPSA) is 33.1 Å². The first-order valence-corrected chi connectivity index (χ1v) is 13.1. The summed E-state index contributed by atoms with van der Waals surface area (Å²) < 4.78 is 3.47. The second-order valence-corrected chi connectivity index (χ2v) is 10.3. The molecule has 0 amide bonds. The average molecular weight is 546 g/mol. The molecular weight excluding hydrogens is 516 g/mol. The van der Waals surface area contributed by atoms with Gasteiger partial charge in [-0.3, -0.25) is 4.98 Å². The van der Waals surface area contributed by atoms with Crippen LogP contribution in [0.3, 0.4) is 0 Å². The SMILES string of the molecule is CCc1ccccc1-n1c(C)cc([C@H]2[C@@H](c3ccccn3)NC(=S)N2c2ccc(Br)c(C)c2)c1C. The van der Waals surface area contributed by atoms with Crippen LogP contribution in [0.1, 0.15) is 52.8 Å². The summed E-state index contributed by atoms with van der Waals surface area (Å²) in [7, 11) is 0. The lowest BCUT2D eigenvalue weighted by molar-refractivity contribution is 0.565. The predicted molar refractivity (Wildman–Crippen MR) is 151 cm³/mol. The number of hydrogen-bond acceptors (Lipinski definition) is 2. The van der Waals surface area contributed by atoms with E-state index in [2.05, 4.69) is 113 Å². The first kappa shape index (κ1) is 23.8. The molecule has 1 aliphatic rings. The first-order valence-electron chi connectivity index (χ1n) is 11.9. The summed E-state index contributed by atoms with van der Waals surface area (Å²) >= 11 is 9.58. The van der Waals surface area contributed by atoms with Crippen LogP contribution < -0.4 is 10.2 Å². The zero-order valence-electron chi connectivity index (χ0n) is 20.4. The molecule has 4 aromatic rings. The number of para-hydroxylation sites is 1. The van der Waals surface area contributed by atoms with Gasteiger partial charge in [-0.25, -0.2) is 0 Å². The molecule has 0 radical (unpaired) electrons. The van der Waals surface area contributed by atoms with Crippen molar-refractivity contribution < 1.29 is 0 Å². The molecule has 2 aromatic carbocycles. The number of pyridine rings is 1. The van der Waals surface area contributed by atoms with Gasteiger partial charge in [0.1, 0.15) is 0 Å². The van der Waals surface area contributed by atoms with Crippen LogP contribution in [0.5, 0.6) is 0 Å². The number of benzene rings is 2. The molecule has 0 saturated carbocycles. The van der Waals surface area contributed by atoms with Crippen molar-refractivity contribution in [3.8, 4) is 5.69 Å². The first-order chi connectivity index (χ1) is 16.9. The standard InChI is InChI=1S/C29H29BrN4S/c1-5-21-10-6-7-12-26(21)33-19(3)17-23(20(33)4)28-27(25-11-8-9-15-31-25)32-29(35)34(28)22-13-14-24(30)18(2)16-22/h6-17,27-28H,5H2,1-4H3,(H,32,35)/t27-,28+/m1/s1. The Labute approximate surface area is 221 Å². The van der Waals surface area contributed by atoms with Crippen molar-refractivity contribution in [3.05, 3.63) is 111 Å². The summed E-state index contributed by atoms with van der Waals surface area (Å²) in [5, 5.41) is 4.31. The molecule has 3 heterocycles. The zero-order chi connectivity index (χ0) is 24.7. The number of aromatic nitrogens is 2. The predicted octanol–water partition coefficient (Wildman–Crippen LogP) is 7.30. The van der Waals surface area contributed by atoms with Crippen molar-refractivity contribution >= 4 is 38.9 Å². The van der Waals surface area contributed by atoms with Crippen molar-refractivity contribution in [3.63, 3.8) is 0 Å². The number of anilines is 1. The van der Waals surface area contributed by atoms with Gasteiger partial charge < -0.3 is 14.8 Å². The lowest BCUT2D eigenvalue weighted by atomic mass is 9.96. The molecule has 1 N–H and O–H groups in total. The van der Waals surface area contributed by atoms with Gasteiger partial charge in [-0.1, -0.05) is 47.1 Å². The molecule has 35 heavy (non-hydrogen) atoms. The van der Waals surface area contributed by atoms with Gasteiger partial charge in [-0.05, 0) is 98.6 Å². The van der Waals surface area contributed by atoms with Gasteiger partial charge >= 0.3 is 0 Å². The number of rotatable bonds is 5. The Morgan fingerprint density at radius 2 is 1.77 bits per heavy atom. The summed E-state index contributed by atoms with van der Waals surface area (Å²) in [4.78, 5) is 6.97. The van der Waals surface area contributed by atoms with Crippen LogP contribution in [0.2, 0.25) is 0 Å². The van der Waals surface area contributed by atoms with Crippen molar-refractivity contribution in [2.24, 2.45) is 0 Å². The van der Waals surface area contributed by atoms with E-state index >= 15 is 0 Å². The van der Waals surface area contributed by atoms with Crippen LogP contribution in [0, 0.1) is 20.8 Å². The van der Waals surface area contributed by atoms with E-state index in [4.69, 9.17) is 17.2 Å². The Morgan fingerprint density at radius 1 is 1.00 bits per heavy atom. The fourth-order valence-electron chi connectivity index (χ4n) is 5.21. The molecule has 1 aliphatic heterocycles. The molecule has 0 spiro atoms. The molecule has 2 aromatic heterocycles. The quantitative estimate of drug-likeness (QED) is 0.267. The highest BCUT2D eigenvalue weighted by Gasteiger charge is 2.42. The minimum atomic E-state index is -0.0666. The fraction of sp³-hybridized carbons (Fsp3) is 0.241. The van der Waals surface area contributed by atoms with E-state index in [1.54, 1.807) is 0 Å². The minimum absolute atomic E-state index is 0.0354. The number of nitrogens with zero attached hydrogens (tertiary/aromatic N) is 3. The molecule has 5 rings (SSSR count). The van der Waals surface area contributed by atoms with Crippen molar-refractivity contribution in [2.75, 3.05) is 4.90 Å². The second kappa shape index (κ2) is 9.59. The fourth-order valence-corrected chi connectivity index (χ4v) is 5.81. The average Bonchev–Trinajstić information content (AvgIpc) is 3.36. The number of aryl methyl sites for hydroxylation is 3. The highest BCUT2D eigenvalue weighted by molar-refractivity contribution is 9.10. The third-order valence-corrected chi connectivity index (χ3v) is 8.12. The summed E-state index contributed by atoms with van der Waals surface area (Å²) in [5.74, 6) is 0. The van der Waals surface area contributed by atoms with Gasteiger partial charge in [0.2, 0.25) is 0 Å². The Bertz CT molecular complexity index is 1400. The number of halogens is 1. The molecule has 0 bridgehead atoms. The van der Waals surface area contributed by atoms with Crippen LogP contribution in [-0.4, -0.2) is 14.7 Å². The van der Waals surface area contributed by atoms with Gasteiger partial charge in [0.15, 0.2) is 5.11 Å². The molecule has 4 nitrogen and oxygen atoms in total. The van der Waals surface area contributed by atoms with E-state index in [9.17, 15) is 0 Å². The van der Waals surface area contributed by atoms with Gasteiger partial charge in [-0.15, -0.1) is 0 Å². The largest absolute Gasteiger partial charge is 0.351 e. The normalized spacial score (nSPS) is 17.6. The number of thiocarbonyl (C=S) groups is 1. The van der Waals surface area contributed by atoms with Gasteiger partial charge in [0.05, 0.1) is 17.8 Å². The molecule has 0 unspecified atom stereocenters. The van der Waals surface area contributed by atoms with Crippen molar-refractivity contribution in [2.45, 2.75) is 46.2 Å². The van der Waals surface area contributed by atoms with Crippen LogP contribution in [0.15, 0.2) is 77.4 Å². The molecule has 0 aliphatic carbocycles. The minimum Gasteiger partial charge on any atom is -0.351 e. The lowest BCUT2D eigenvalue weighted by Crippen LogP contribution is -2.29. The zero-order valence-corrected chi connectivity index (χ0v) is 22.8. The van der Waals surface area contributed by atoms with E-state index in [0.717, 1.165) is 22.3 Å². The summed E-state index contributed by atoms with van der Waals surface area (Å²) in [6.07, 6.45) is 2.84. The smallest absolute Gasteiger partial charge is 0.174 e. The maximum absolute atomic E-state index is 5.94. The molecule has 6 heteroatoms. The van der Waals surface area contributed by atoms with Crippen LogP contribution in [-0.2, 0) is 6.42 Å². The third kappa shape index (κ3) is 4.19. The Hall–Kier alpha value is -2.96. The van der Waals surface area contributed by atoms with Crippen molar-refractivity contribution in [1.29, 1.82) is 0 Å². The molecule has 178 valence electrons. The number of nitrogens with one attached hydrogen (secondary N) is 1. The van der Waals surface area contributed by atoms with E-state index < -0.39 is 0 Å². The Morgan fingerprint density at radius 3 is 2.49 bits per heavy atom. The monoisotopic (exact) mass is 544 g/mol. The maximum atomic E-state index is 5.94.